The molecule has 0 saturated carbocycles. The van der Waals surface area contributed by atoms with Gasteiger partial charge in [-0.1, -0.05) is 29.8 Å². The van der Waals surface area contributed by atoms with Crippen LogP contribution in [0.2, 0.25) is 0 Å². The van der Waals surface area contributed by atoms with Crippen LogP contribution in [-0.2, 0) is 9.53 Å². The number of carbonyl (C=O) groups is 2. The number of aromatic nitrogens is 2. The number of hydrogen-bond acceptors (Lipinski definition) is 5. The van der Waals surface area contributed by atoms with E-state index in [1.165, 1.54) is 6.92 Å². The van der Waals surface area contributed by atoms with Gasteiger partial charge in [-0.15, -0.1) is 0 Å². The Hall–Kier alpha value is -3.61. The molecule has 0 aliphatic carbocycles. The Balaban J connectivity index is 2.08. The molecular weight excluding hydrogens is 380 g/mol. The molecule has 7 heteroatoms. The van der Waals surface area contributed by atoms with Crippen LogP contribution in [0.3, 0.4) is 0 Å². The molecule has 7 nitrogen and oxygen atoms in total. The number of ether oxygens (including phenoxy) is 1. The van der Waals surface area contributed by atoms with Gasteiger partial charge >= 0.3 is 5.97 Å². The molecule has 1 amide bonds. The van der Waals surface area contributed by atoms with Crippen molar-refractivity contribution in [3.63, 3.8) is 0 Å². The fourth-order valence-corrected chi connectivity index (χ4v) is 2.94. The van der Waals surface area contributed by atoms with E-state index >= 15 is 0 Å². The van der Waals surface area contributed by atoms with Gasteiger partial charge in [0.1, 0.15) is 5.60 Å². The van der Waals surface area contributed by atoms with Crippen molar-refractivity contribution in [2.45, 2.75) is 40.2 Å². The predicted octanol–water partition coefficient (Wildman–Crippen LogP) is 4.34. The third kappa shape index (κ3) is 4.86. The van der Waals surface area contributed by atoms with Crippen molar-refractivity contribution < 1.29 is 14.3 Å². The fraction of sp³-hybridized carbons (Fsp3) is 0.261. The number of nitrogen functional groups attached to an aromatic ring is 1. The maximum absolute atomic E-state index is 12.6. The minimum atomic E-state index is -0.625. The van der Waals surface area contributed by atoms with Gasteiger partial charge in [0.05, 0.1) is 22.6 Å². The maximum Gasteiger partial charge on any atom is 0.338 e. The number of nitrogens with one attached hydrogen (secondary N) is 1. The van der Waals surface area contributed by atoms with Gasteiger partial charge in [0, 0.05) is 18.7 Å². The molecule has 1 aromatic heterocycles. The lowest BCUT2D eigenvalue weighted by molar-refractivity contribution is -0.114. The molecule has 0 fully saturated rings. The third-order valence-electron chi connectivity index (χ3n) is 4.28. The molecule has 3 N–H and O–H groups in total. The molecule has 0 spiro atoms. The Kier molecular flexibility index (Phi) is 5.64. The summed E-state index contributed by atoms with van der Waals surface area (Å²) in [6.45, 7) is 8.84. The summed E-state index contributed by atoms with van der Waals surface area (Å²) < 4.78 is 7.12. The molecule has 0 radical (unpaired) electrons. The minimum Gasteiger partial charge on any atom is -0.456 e. The summed E-state index contributed by atoms with van der Waals surface area (Å²) >= 11 is 0. The zero-order chi connectivity index (χ0) is 22.1. The van der Waals surface area contributed by atoms with Crippen molar-refractivity contribution in [3.8, 4) is 16.9 Å². The normalized spacial score (nSPS) is 11.2. The second-order valence-electron chi connectivity index (χ2n) is 8.14. The van der Waals surface area contributed by atoms with E-state index in [0.29, 0.717) is 22.6 Å². The summed E-state index contributed by atoms with van der Waals surface area (Å²) in [5.41, 5.74) is 9.69. The average molecular weight is 406 g/mol. The second kappa shape index (κ2) is 8.02. The molecule has 30 heavy (non-hydrogen) atoms. The van der Waals surface area contributed by atoms with Gasteiger partial charge in [-0.25, -0.2) is 9.78 Å². The van der Waals surface area contributed by atoms with Crippen LogP contribution >= 0.6 is 0 Å². The van der Waals surface area contributed by atoms with E-state index in [1.54, 1.807) is 49.7 Å². The van der Waals surface area contributed by atoms with Crippen LogP contribution in [0.25, 0.3) is 16.9 Å². The van der Waals surface area contributed by atoms with Crippen molar-refractivity contribution in [2.24, 2.45) is 0 Å². The molecule has 0 atom stereocenters. The van der Waals surface area contributed by atoms with Crippen LogP contribution < -0.4 is 11.1 Å². The van der Waals surface area contributed by atoms with E-state index in [0.717, 1.165) is 11.1 Å². The van der Waals surface area contributed by atoms with Crippen molar-refractivity contribution >= 4 is 23.5 Å². The van der Waals surface area contributed by atoms with E-state index in [-0.39, 0.29) is 11.9 Å². The Labute approximate surface area is 175 Å². The highest BCUT2D eigenvalue weighted by molar-refractivity contribution is 5.95. The summed E-state index contributed by atoms with van der Waals surface area (Å²) in [5.74, 6) is -0.465. The number of carbonyl (C=O) groups excluding carboxylic acids is 2. The first-order chi connectivity index (χ1) is 14.0. The van der Waals surface area contributed by atoms with E-state index in [2.05, 4.69) is 10.3 Å². The van der Waals surface area contributed by atoms with Crippen LogP contribution in [0.1, 0.15) is 43.6 Å². The van der Waals surface area contributed by atoms with Gasteiger partial charge in [0.25, 0.3) is 0 Å². The Morgan fingerprint density at radius 3 is 2.37 bits per heavy atom. The Morgan fingerprint density at radius 2 is 1.77 bits per heavy atom. The number of hydrogen-bond donors (Lipinski definition) is 2. The van der Waals surface area contributed by atoms with Crippen molar-refractivity contribution in [1.29, 1.82) is 0 Å². The quantitative estimate of drug-likeness (QED) is 0.628. The first-order valence-corrected chi connectivity index (χ1v) is 9.61. The summed E-state index contributed by atoms with van der Waals surface area (Å²) in [6.07, 6.45) is 1.78. The van der Waals surface area contributed by atoms with Gasteiger partial charge < -0.3 is 15.8 Å². The van der Waals surface area contributed by atoms with Crippen LogP contribution in [0.5, 0.6) is 0 Å². The van der Waals surface area contributed by atoms with Gasteiger partial charge in [-0.2, -0.15) is 0 Å². The number of rotatable bonds is 4. The molecular formula is C23H26N4O3. The number of nitrogens with two attached hydrogens (primary N) is 1. The average Bonchev–Trinajstić information content (AvgIpc) is 3.02. The van der Waals surface area contributed by atoms with Crippen LogP contribution in [0.4, 0.5) is 11.6 Å². The largest absolute Gasteiger partial charge is 0.456 e. The molecule has 0 bridgehead atoms. The number of benzene rings is 2. The van der Waals surface area contributed by atoms with Gasteiger partial charge in [0.15, 0.2) is 0 Å². The lowest BCUT2D eigenvalue weighted by Gasteiger charge is -2.20. The zero-order valence-electron chi connectivity index (χ0n) is 17.8. The summed E-state index contributed by atoms with van der Waals surface area (Å²) in [5, 5.41) is 2.77. The van der Waals surface area contributed by atoms with Crippen molar-refractivity contribution in [2.75, 3.05) is 11.1 Å². The molecule has 2 aromatic carbocycles. The highest BCUT2D eigenvalue weighted by Gasteiger charge is 2.20. The predicted molar refractivity (Wildman–Crippen MR) is 118 cm³/mol. The number of imidazole rings is 1. The lowest BCUT2D eigenvalue weighted by atomic mass is 10.1. The van der Waals surface area contributed by atoms with E-state index in [9.17, 15) is 9.59 Å². The monoisotopic (exact) mass is 406 g/mol. The summed E-state index contributed by atoms with van der Waals surface area (Å²) in [6, 6.07) is 12.8. The highest BCUT2D eigenvalue weighted by Crippen LogP contribution is 2.29. The minimum absolute atomic E-state index is 0.235. The zero-order valence-corrected chi connectivity index (χ0v) is 17.8. The number of anilines is 2. The smallest absolute Gasteiger partial charge is 0.338 e. The van der Waals surface area contributed by atoms with Gasteiger partial charge in [-0.3, -0.25) is 9.36 Å². The fourth-order valence-electron chi connectivity index (χ4n) is 2.94. The lowest BCUT2D eigenvalue weighted by Crippen LogP contribution is -2.24. The molecule has 3 rings (SSSR count). The van der Waals surface area contributed by atoms with Gasteiger partial charge in [-0.05, 0) is 45.9 Å². The SMILES string of the molecule is CC(=O)Nc1ccc(C(=O)OC(C)(C)C)cc1-n1cc(-c2ccc(C)cc2)nc1N. The first-order valence-electron chi connectivity index (χ1n) is 9.61. The van der Waals surface area contributed by atoms with E-state index < -0.39 is 11.6 Å². The molecule has 3 aromatic rings. The number of amides is 1. The summed E-state index contributed by atoms with van der Waals surface area (Å²) in [7, 11) is 0. The number of aryl methyl sites for hydroxylation is 1. The van der Waals surface area contributed by atoms with Crippen LogP contribution in [0, 0.1) is 6.92 Å². The highest BCUT2D eigenvalue weighted by atomic mass is 16.6. The molecule has 1 heterocycles. The third-order valence-corrected chi connectivity index (χ3v) is 4.28. The van der Waals surface area contributed by atoms with Crippen molar-refractivity contribution in [3.05, 3.63) is 59.8 Å². The first kappa shape index (κ1) is 21.1. The van der Waals surface area contributed by atoms with Crippen molar-refractivity contribution in [1.82, 2.24) is 9.55 Å². The molecule has 0 aliphatic rings. The Morgan fingerprint density at radius 1 is 1.10 bits per heavy atom. The molecule has 0 saturated heterocycles. The summed E-state index contributed by atoms with van der Waals surface area (Å²) in [4.78, 5) is 28.7. The van der Waals surface area contributed by atoms with E-state index in [1.807, 2.05) is 31.2 Å². The van der Waals surface area contributed by atoms with Crippen LogP contribution in [0.15, 0.2) is 48.7 Å². The molecule has 156 valence electrons. The second-order valence-corrected chi connectivity index (χ2v) is 8.14. The molecule has 0 unspecified atom stereocenters. The van der Waals surface area contributed by atoms with E-state index in [4.69, 9.17) is 10.5 Å². The van der Waals surface area contributed by atoms with Gasteiger partial charge in [0.2, 0.25) is 11.9 Å². The Bertz CT molecular complexity index is 1090. The topological polar surface area (TPSA) is 99.2 Å². The van der Waals surface area contributed by atoms with Crippen LogP contribution in [-0.4, -0.2) is 27.0 Å². The standard InChI is InChI=1S/C23H26N4O3/c1-14-6-8-16(9-7-14)19-13-27(22(24)26-19)20-12-17(21(29)30-23(3,4)5)10-11-18(20)25-15(2)28/h6-13H,1-5H3,(H2,24,26)(H,25,28). The molecule has 0 aliphatic heterocycles. The maximum atomic E-state index is 12.6. The number of nitrogens with zero attached hydrogens (tertiary/aromatic N) is 2. The number of esters is 1.